The first-order valence-corrected chi connectivity index (χ1v) is 10.9. The number of rotatable bonds is 8. The van der Waals surface area contributed by atoms with Gasteiger partial charge < -0.3 is 9.80 Å². The summed E-state index contributed by atoms with van der Waals surface area (Å²) in [5.41, 5.74) is 5.04. The predicted molar refractivity (Wildman–Crippen MR) is 127 cm³/mol. The molecule has 32 heavy (non-hydrogen) atoms. The van der Waals surface area contributed by atoms with Crippen molar-refractivity contribution < 1.29 is 4.79 Å². The van der Waals surface area contributed by atoms with Gasteiger partial charge in [-0.1, -0.05) is 30.3 Å². The number of nitrogens with zero attached hydrogens (tertiary/aromatic N) is 5. The fourth-order valence-electron chi connectivity index (χ4n) is 3.76. The van der Waals surface area contributed by atoms with Gasteiger partial charge in [0.15, 0.2) is 0 Å². The first-order chi connectivity index (χ1) is 15.7. The average Bonchev–Trinajstić information content (AvgIpc) is 2.85. The summed E-state index contributed by atoms with van der Waals surface area (Å²) in [6.45, 7) is 7.14. The highest BCUT2D eigenvalue weighted by Gasteiger charge is 2.19. The molecule has 162 valence electrons. The molecule has 0 atom stereocenters. The van der Waals surface area contributed by atoms with Crippen LogP contribution in [0.4, 0.5) is 5.69 Å². The van der Waals surface area contributed by atoms with E-state index in [2.05, 4.69) is 58.0 Å². The van der Waals surface area contributed by atoms with Crippen molar-refractivity contribution in [3.05, 3.63) is 96.1 Å². The minimum atomic E-state index is -0.153. The standard InChI is InChI=1S/C26H27N5O/c1-3-30(4-2)22-13-11-20(12-14-22)18-31(19-21-8-7-15-27-16-21)26(32)25-17-28-23-9-5-6-10-24(23)29-25/h5-17H,3-4,18-19H2,1-2H3. The number of amides is 1. The Labute approximate surface area is 188 Å². The van der Waals surface area contributed by atoms with Gasteiger partial charge in [0.2, 0.25) is 0 Å². The number of carbonyl (C=O) groups excluding carboxylic acids is 1. The fourth-order valence-corrected chi connectivity index (χ4v) is 3.76. The van der Waals surface area contributed by atoms with E-state index in [1.54, 1.807) is 23.5 Å². The van der Waals surface area contributed by atoms with E-state index in [1.807, 2.05) is 36.4 Å². The van der Waals surface area contributed by atoms with E-state index < -0.39 is 0 Å². The molecule has 0 aliphatic heterocycles. The molecule has 0 aliphatic carbocycles. The molecule has 2 aromatic heterocycles. The Morgan fingerprint density at radius 1 is 0.812 bits per heavy atom. The number of pyridine rings is 1. The first-order valence-electron chi connectivity index (χ1n) is 10.9. The van der Waals surface area contributed by atoms with Crippen LogP contribution in [0, 0.1) is 0 Å². The molecule has 0 bridgehead atoms. The molecule has 4 aromatic rings. The molecule has 0 saturated heterocycles. The molecule has 0 fully saturated rings. The van der Waals surface area contributed by atoms with Crippen LogP contribution < -0.4 is 4.90 Å². The van der Waals surface area contributed by atoms with Gasteiger partial charge in [-0.2, -0.15) is 0 Å². The first kappa shape index (κ1) is 21.4. The van der Waals surface area contributed by atoms with Crippen molar-refractivity contribution in [2.24, 2.45) is 0 Å². The van der Waals surface area contributed by atoms with Crippen LogP contribution in [0.2, 0.25) is 0 Å². The van der Waals surface area contributed by atoms with Crippen LogP contribution in [0.1, 0.15) is 35.5 Å². The topological polar surface area (TPSA) is 62.2 Å². The van der Waals surface area contributed by atoms with Crippen LogP contribution >= 0.6 is 0 Å². The van der Waals surface area contributed by atoms with Gasteiger partial charge in [0.25, 0.3) is 5.91 Å². The van der Waals surface area contributed by atoms with Gasteiger partial charge in [0.05, 0.1) is 17.2 Å². The summed E-state index contributed by atoms with van der Waals surface area (Å²) in [6.07, 6.45) is 5.08. The Balaban J connectivity index is 1.61. The number of hydrogen-bond donors (Lipinski definition) is 0. The van der Waals surface area contributed by atoms with E-state index >= 15 is 0 Å². The summed E-state index contributed by atoms with van der Waals surface area (Å²) in [5, 5.41) is 0. The summed E-state index contributed by atoms with van der Waals surface area (Å²) in [4.78, 5) is 30.7. The Morgan fingerprint density at radius 3 is 2.22 bits per heavy atom. The molecule has 0 N–H and O–H groups in total. The Morgan fingerprint density at radius 2 is 1.53 bits per heavy atom. The van der Waals surface area contributed by atoms with E-state index in [9.17, 15) is 4.79 Å². The Kier molecular flexibility index (Phi) is 6.70. The van der Waals surface area contributed by atoms with Crippen molar-refractivity contribution in [2.45, 2.75) is 26.9 Å². The molecule has 6 nitrogen and oxygen atoms in total. The highest BCUT2D eigenvalue weighted by molar-refractivity contribution is 5.93. The van der Waals surface area contributed by atoms with Gasteiger partial charge in [-0.25, -0.2) is 4.98 Å². The van der Waals surface area contributed by atoms with E-state index in [4.69, 9.17) is 0 Å². The smallest absolute Gasteiger partial charge is 0.274 e. The lowest BCUT2D eigenvalue weighted by Crippen LogP contribution is -2.31. The summed E-state index contributed by atoms with van der Waals surface area (Å²) in [6, 6.07) is 19.8. The van der Waals surface area contributed by atoms with Crippen LogP contribution in [0.15, 0.2) is 79.3 Å². The second-order valence-electron chi connectivity index (χ2n) is 7.61. The van der Waals surface area contributed by atoms with Gasteiger partial charge in [-0.3, -0.25) is 14.8 Å². The highest BCUT2D eigenvalue weighted by Crippen LogP contribution is 2.19. The normalized spacial score (nSPS) is 10.8. The number of fused-ring (bicyclic) bond motifs is 1. The fraction of sp³-hybridized carbons (Fsp3) is 0.231. The van der Waals surface area contributed by atoms with Crippen LogP contribution in [0.3, 0.4) is 0 Å². The number of hydrogen-bond acceptors (Lipinski definition) is 5. The molecule has 0 saturated carbocycles. The molecule has 1 amide bonds. The van der Waals surface area contributed by atoms with Crippen molar-refractivity contribution in [3.8, 4) is 0 Å². The van der Waals surface area contributed by atoms with Gasteiger partial charge in [-0.05, 0) is 55.3 Å². The Bertz CT molecular complexity index is 1170. The maximum atomic E-state index is 13.5. The molecular weight excluding hydrogens is 398 g/mol. The molecular formula is C26H27N5O. The van der Waals surface area contributed by atoms with Gasteiger partial charge >= 0.3 is 0 Å². The second-order valence-corrected chi connectivity index (χ2v) is 7.61. The third-order valence-corrected chi connectivity index (χ3v) is 5.49. The number of aromatic nitrogens is 3. The maximum Gasteiger partial charge on any atom is 0.274 e. The number of benzene rings is 2. The summed E-state index contributed by atoms with van der Waals surface area (Å²) in [5.74, 6) is -0.153. The van der Waals surface area contributed by atoms with Gasteiger partial charge in [0, 0.05) is 44.3 Å². The summed E-state index contributed by atoms with van der Waals surface area (Å²) < 4.78 is 0. The van der Waals surface area contributed by atoms with Crippen molar-refractivity contribution in [2.75, 3.05) is 18.0 Å². The molecule has 2 heterocycles. The van der Waals surface area contributed by atoms with Gasteiger partial charge in [0.1, 0.15) is 5.69 Å². The van der Waals surface area contributed by atoms with Crippen LogP contribution in [-0.4, -0.2) is 38.8 Å². The number of para-hydroxylation sites is 2. The lowest BCUT2D eigenvalue weighted by atomic mass is 10.1. The third kappa shape index (κ3) is 4.91. The maximum absolute atomic E-state index is 13.5. The second kappa shape index (κ2) is 10.0. The largest absolute Gasteiger partial charge is 0.372 e. The van der Waals surface area contributed by atoms with Crippen LogP contribution in [0.25, 0.3) is 11.0 Å². The molecule has 0 spiro atoms. The molecule has 4 rings (SSSR count). The van der Waals surface area contributed by atoms with E-state index in [1.165, 1.54) is 5.69 Å². The highest BCUT2D eigenvalue weighted by atomic mass is 16.2. The lowest BCUT2D eigenvalue weighted by Gasteiger charge is -2.24. The van der Waals surface area contributed by atoms with E-state index in [0.717, 1.165) is 29.7 Å². The molecule has 0 radical (unpaired) electrons. The lowest BCUT2D eigenvalue weighted by molar-refractivity contribution is 0.0724. The Hall–Kier alpha value is -3.80. The van der Waals surface area contributed by atoms with E-state index in [-0.39, 0.29) is 5.91 Å². The quantitative estimate of drug-likeness (QED) is 0.409. The SMILES string of the molecule is CCN(CC)c1ccc(CN(Cc2cccnc2)C(=O)c2cnc3ccccc3n2)cc1. The average molecular weight is 426 g/mol. The number of anilines is 1. The zero-order chi connectivity index (χ0) is 22.3. The molecule has 2 aromatic carbocycles. The zero-order valence-electron chi connectivity index (χ0n) is 18.5. The van der Waals surface area contributed by atoms with Gasteiger partial charge in [-0.15, -0.1) is 0 Å². The molecule has 0 unspecified atom stereocenters. The van der Waals surface area contributed by atoms with Crippen molar-refractivity contribution in [1.29, 1.82) is 0 Å². The minimum Gasteiger partial charge on any atom is -0.372 e. The number of carbonyl (C=O) groups is 1. The van der Waals surface area contributed by atoms with Crippen molar-refractivity contribution in [1.82, 2.24) is 19.9 Å². The van der Waals surface area contributed by atoms with Crippen LogP contribution in [-0.2, 0) is 13.1 Å². The van der Waals surface area contributed by atoms with Crippen molar-refractivity contribution >= 4 is 22.6 Å². The summed E-state index contributed by atoms with van der Waals surface area (Å²) >= 11 is 0. The van der Waals surface area contributed by atoms with E-state index in [0.29, 0.717) is 24.3 Å². The van der Waals surface area contributed by atoms with Crippen LogP contribution in [0.5, 0.6) is 0 Å². The molecule has 6 heteroatoms. The predicted octanol–water partition coefficient (Wildman–Crippen LogP) is 4.71. The monoisotopic (exact) mass is 425 g/mol. The summed E-state index contributed by atoms with van der Waals surface area (Å²) in [7, 11) is 0. The van der Waals surface area contributed by atoms with Crippen molar-refractivity contribution in [3.63, 3.8) is 0 Å². The minimum absolute atomic E-state index is 0.153. The zero-order valence-corrected chi connectivity index (χ0v) is 18.5. The molecule has 0 aliphatic rings. The third-order valence-electron chi connectivity index (χ3n) is 5.49.